The molecule has 22 heavy (non-hydrogen) atoms. The largest absolute Gasteiger partial charge is 0.478 e. The highest BCUT2D eigenvalue weighted by atomic mass is 16.7. The van der Waals surface area contributed by atoms with Crippen molar-refractivity contribution in [3.05, 3.63) is 23.0 Å². The monoisotopic (exact) mass is 311 g/mol. The van der Waals surface area contributed by atoms with Crippen LogP contribution in [0.1, 0.15) is 40.0 Å². The van der Waals surface area contributed by atoms with Gasteiger partial charge in [0, 0.05) is 38.7 Å². The minimum absolute atomic E-state index is 0.0278. The second kappa shape index (κ2) is 7.63. The molecular weight excluding hydrogens is 290 g/mol. The number of rotatable bonds is 6. The van der Waals surface area contributed by atoms with Gasteiger partial charge in [-0.25, -0.2) is 9.59 Å². The number of carbonyl (C=O) groups excluding carboxylic acids is 2. The van der Waals surface area contributed by atoms with E-state index in [4.69, 9.17) is 14.6 Å². The Balaban J connectivity index is 2.74. The highest BCUT2D eigenvalue weighted by Crippen LogP contribution is 2.25. The first kappa shape index (κ1) is 17.7. The molecule has 0 spiro atoms. The number of ether oxygens (including phenoxy) is 2. The lowest BCUT2D eigenvalue weighted by molar-refractivity contribution is -0.181. The van der Waals surface area contributed by atoms with E-state index < -0.39 is 24.2 Å². The summed E-state index contributed by atoms with van der Waals surface area (Å²) in [5.41, 5.74) is 0.929. The van der Waals surface area contributed by atoms with Gasteiger partial charge in [-0.15, -0.1) is 0 Å². The molecule has 0 saturated carbocycles. The molecule has 1 rings (SSSR count). The Bertz CT molecular complexity index is 534. The van der Waals surface area contributed by atoms with Gasteiger partial charge in [0.1, 0.15) is 0 Å². The van der Waals surface area contributed by atoms with Gasteiger partial charge in [-0.05, 0) is 13.3 Å². The summed E-state index contributed by atoms with van der Waals surface area (Å²) in [5.74, 6) is -2.22. The Hall–Kier alpha value is -2.31. The van der Waals surface area contributed by atoms with Crippen molar-refractivity contribution in [1.29, 1.82) is 0 Å². The molecule has 0 aromatic rings. The summed E-state index contributed by atoms with van der Waals surface area (Å²) in [6.45, 7) is 4.98. The molecule has 0 aromatic carbocycles. The Labute approximate surface area is 129 Å². The molecular formula is C15H21NO6. The number of carbonyl (C=O) groups is 3. The van der Waals surface area contributed by atoms with Gasteiger partial charge in [-0.1, -0.05) is 6.92 Å². The Morgan fingerprint density at radius 2 is 2.00 bits per heavy atom. The van der Waals surface area contributed by atoms with Gasteiger partial charge in [-0.2, -0.15) is 0 Å². The smallest absolute Gasteiger partial charge is 0.339 e. The number of allylic oxidation sites excluding steroid dienone is 1. The normalized spacial score (nSPS) is 16.0. The van der Waals surface area contributed by atoms with Crippen LogP contribution in [0.2, 0.25) is 0 Å². The molecule has 0 fully saturated rings. The number of hydrogen-bond donors (Lipinski definition) is 1. The molecule has 0 aliphatic carbocycles. The molecule has 0 radical (unpaired) electrons. The Morgan fingerprint density at radius 1 is 1.36 bits per heavy atom. The number of nitrogens with zero attached hydrogens (tertiary/aromatic N) is 1. The molecule has 1 aliphatic rings. The third-order valence-electron chi connectivity index (χ3n) is 3.23. The van der Waals surface area contributed by atoms with E-state index >= 15 is 0 Å². The van der Waals surface area contributed by atoms with E-state index in [1.807, 2.05) is 6.92 Å². The van der Waals surface area contributed by atoms with Crippen molar-refractivity contribution in [3.63, 3.8) is 0 Å². The molecule has 0 amide bonds. The fraction of sp³-hybridized carbons (Fsp3) is 0.533. The summed E-state index contributed by atoms with van der Waals surface area (Å²) < 4.78 is 10.0. The van der Waals surface area contributed by atoms with Crippen molar-refractivity contribution >= 4 is 17.9 Å². The molecule has 7 nitrogen and oxygen atoms in total. The van der Waals surface area contributed by atoms with Crippen molar-refractivity contribution in [3.8, 4) is 0 Å². The van der Waals surface area contributed by atoms with Gasteiger partial charge in [0.25, 0.3) is 0 Å². The van der Waals surface area contributed by atoms with Crippen LogP contribution in [0.3, 0.4) is 0 Å². The van der Waals surface area contributed by atoms with Crippen molar-refractivity contribution in [2.75, 3.05) is 7.05 Å². The lowest BCUT2D eigenvalue weighted by Gasteiger charge is -2.25. The quantitative estimate of drug-likeness (QED) is 0.590. The van der Waals surface area contributed by atoms with E-state index in [1.54, 1.807) is 18.9 Å². The summed E-state index contributed by atoms with van der Waals surface area (Å²) in [6.07, 6.45) is 1.30. The predicted octanol–water partition coefficient (Wildman–Crippen LogP) is 1.80. The summed E-state index contributed by atoms with van der Waals surface area (Å²) in [6, 6.07) is 0. The highest BCUT2D eigenvalue weighted by Gasteiger charge is 2.27. The number of aliphatic carboxylic acids is 1. The number of carboxylic acid groups (broad SMARTS) is 1. The third-order valence-corrected chi connectivity index (χ3v) is 3.23. The van der Waals surface area contributed by atoms with Gasteiger partial charge in [0.15, 0.2) is 0 Å². The molecule has 1 atom stereocenters. The van der Waals surface area contributed by atoms with Crippen LogP contribution in [0.5, 0.6) is 0 Å². The molecule has 1 heterocycles. The number of carboxylic acids is 1. The van der Waals surface area contributed by atoms with Gasteiger partial charge >= 0.3 is 17.9 Å². The van der Waals surface area contributed by atoms with Crippen LogP contribution in [0.25, 0.3) is 0 Å². The summed E-state index contributed by atoms with van der Waals surface area (Å²) >= 11 is 0. The van der Waals surface area contributed by atoms with Crippen molar-refractivity contribution in [2.45, 2.75) is 46.3 Å². The number of esters is 2. The molecule has 0 aromatic heterocycles. The van der Waals surface area contributed by atoms with E-state index in [0.717, 1.165) is 0 Å². The minimum atomic E-state index is -1.09. The molecule has 0 bridgehead atoms. The van der Waals surface area contributed by atoms with Crippen LogP contribution in [-0.2, 0) is 23.9 Å². The van der Waals surface area contributed by atoms with Gasteiger partial charge < -0.3 is 19.5 Å². The first-order chi connectivity index (χ1) is 10.3. The lowest BCUT2D eigenvalue weighted by Crippen LogP contribution is -2.27. The van der Waals surface area contributed by atoms with Crippen molar-refractivity contribution in [2.24, 2.45) is 0 Å². The second-order valence-corrected chi connectivity index (χ2v) is 5.02. The molecule has 122 valence electrons. The van der Waals surface area contributed by atoms with Crippen LogP contribution in [0.15, 0.2) is 23.0 Å². The van der Waals surface area contributed by atoms with Crippen molar-refractivity contribution < 1.29 is 29.0 Å². The maximum atomic E-state index is 12.2. The van der Waals surface area contributed by atoms with Gasteiger partial charge in [-0.3, -0.25) is 4.79 Å². The van der Waals surface area contributed by atoms with Crippen LogP contribution < -0.4 is 0 Å². The summed E-state index contributed by atoms with van der Waals surface area (Å²) in [5, 5.41) is 9.06. The third kappa shape index (κ3) is 4.61. The predicted molar refractivity (Wildman–Crippen MR) is 77.4 cm³/mol. The zero-order chi connectivity index (χ0) is 16.9. The molecule has 7 heteroatoms. The van der Waals surface area contributed by atoms with Crippen LogP contribution in [-0.4, -0.2) is 41.3 Å². The summed E-state index contributed by atoms with van der Waals surface area (Å²) in [4.78, 5) is 36.1. The van der Waals surface area contributed by atoms with E-state index in [0.29, 0.717) is 12.1 Å². The summed E-state index contributed by atoms with van der Waals surface area (Å²) in [7, 11) is 1.65. The fourth-order valence-electron chi connectivity index (χ4n) is 1.95. The topological polar surface area (TPSA) is 93.1 Å². The van der Waals surface area contributed by atoms with Crippen LogP contribution >= 0.6 is 0 Å². The van der Waals surface area contributed by atoms with Crippen molar-refractivity contribution in [1.82, 2.24) is 4.90 Å². The average molecular weight is 311 g/mol. The van der Waals surface area contributed by atoms with E-state index in [1.165, 1.54) is 13.1 Å². The fourth-order valence-corrected chi connectivity index (χ4v) is 1.95. The van der Waals surface area contributed by atoms with Gasteiger partial charge in [0.05, 0.1) is 11.1 Å². The highest BCUT2D eigenvalue weighted by molar-refractivity contribution is 5.95. The first-order valence-corrected chi connectivity index (χ1v) is 7.03. The minimum Gasteiger partial charge on any atom is -0.478 e. The van der Waals surface area contributed by atoms with E-state index in [-0.39, 0.29) is 24.0 Å². The maximum Gasteiger partial charge on any atom is 0.339 e. The van der Waals surface area contributed by atoms with Gasteiger partial charge in [0.2, 0.25) is 6.29 Å². The Kier molecular flexibility index (Phi) is 6.15. The molecule has 1 unspecified atom stereocenters. The lowest BCUT2D eigenvalue weighted by atomic mass is 10.0. The molecule has 0 saturated heterocycles. The Morgan fingerprint density at radius 3 is 2.55 bits per heavy atom. The van der Waals surface area contributed by atoms with Crippen LogP contribution in [0.4, 0.5) is 0 Å². The standard InChI is InChI=1S/C15H21NO6/c1-5-6-13(17)21-10(3)22-15(20)12-7-11(14(18)19)8-16(4)9(12)2/h8,10H,5-7H2,1-4H3,(H,18,19). The average Bonchev–Trinajstić information content (AvgIpc) is 2.41. The molecule has 1 aliphatic heterocycles. The SMILES string of the molecule is CCCC(=O)OC(C)OC(=O)C1=C(C)N(C)C=C(C(=O)O)C1. The van der Waals surface area contributed by atoms with E-state index in [9.17, 15) is 14.4 Å². The zero-order valence-electron chi connectivity index (χ0n) is 13.2. The zero-order valence-corrected chi connectivity index (χ0v) is 13.2. The van der Waals surface area contributed by atoms with E-state index in [2.05, 4.69) is 0 Å². The first-order valence-electron chi connectivity index (χ1n) is 7.03. The second-order valence-electron chi connectivity index (χ2n) is 5.02. The number of hydrogen-bond acceptors (Lipinski definition) is 6. The maximum absolute atomic E-state index is 12.2. The molecule has 1 N–H and O–H groups in total. The van der Waals surface area contributed by atoms with Crippen LogP contribution in [0, 0.1) is 0 Å².